The molecule has 0 saturated carbocycles. The number of hydrogen-bond acceptors (Lipinski definition) is 3. The third kappa shape index (κ3) is 4.39. The van der Waals surface area contributed by atoms with Crippen molar-refractivity contribution in [2.45, 2.75) is 46.6 Å². The summed E-state index contributed by atoms with van der Waals surface area (Å²) in [6.45, 7) is 6.41. The van der Waals surface area contributed by atoms with Crippen molar-refractivity contribution in [3.63, 3.8) is 0 Å². The van der Waals surface area contributed by atoms with Gasteiger partial charge in [0.25, 0.3) is 0 Å². The van der Waals surface area contributed by atoms with Crippen LogP contribution in [0.5, 0.6) is 0 Å². The summed E-state index contributed by atoms with van der Waals surface area (Å²) in [6.07, 6.45) is 1.92. The largest absolute Gasteiger partial charge is 0.481 e. The Kier molecular flexibility index (Phi) is 5.54. The molecular formula is C13H21N3O3. The van der Waals surface area contributed by atoms with E-state index in [-0.39, 0.29) is 18.9 Å². The Hall–Kier alpha value is -1.85. The molecule has 1 aromatic heterocycles. The summed E-state index contributed by atoms with van der Waals surface area (Å²) in [7, 11) is 0. The summed E-state index contributed by atoms with van der Waals surface area (Å²) < 4.78 is 1.56. The number of nitrogens with zero attached hydrogens (tertiary/aromatic N) is 2. The standard InChI is InChI=1S/C13H21N3O3/c1-4-5-6-14-12(17)8-16-10(3)11(7-13(18)19)9(2)15-16/h4-8H2,1-3H3,(H,14,17)(H,18,19). The molecule has 106 valence electrons. The average Bonchev–Trinajstić information content (AvgIpc) is 2.57. The summed E-state index contributed by atoms with van der Waals surface area (Å²) in [5, 5.41) is 15.9. The Morgan fingerprint density at radius 3 is 2.63 bits per heavy atom. The Balaban J connectivity index is 2.69. The van der Waals surface area contributed by atoms with Gasteiger partial charge in [-0.15, -0.1) is 0 Å². The molecule has 0 saturated heterocycles. The second-order valence-corrected chi connectivity index (χ2v) is 4.58. The van der Waals surface area contributed by atoms with Gasteiger partial charge >= 0.3 is 5.97 Å². The summed E-state index contributed by atoms with van der Waals surface area (Å²) in [5.41, 5.74) is 2.10. The van der Waals surface area contributed by atoms with Crippen molar-refractivity contribution < 1.29 is 14.7 Å². The number of rotatable bonds is 7. The van der Waals surface area contributed by atoms with E-state index in [9.17, 15) is 9.59 Å². The molecule has 0 bridgehead atoms. The highest BCUT2D eigenvalue weighted by molar-refractivity contribution is 5.76. The maximum atomic E-state index is 11.7. The maximum absolute atomic E-state index is 11.7. The average molecular weight is 267 g/mol. The molecule has 1 rings (SSSR count). The van der Waals surface area contributed by atoms with Crippen molar-refractivity contribution in [3.8, 4) is 0 Å². The summed E-state index contributed by atoms with van der Waals surface area (Å²) in [6, 6.07) is 0. The minimum Gasteiger partial charge on any atom is -0.481 e. The topological polar surface area (TPSA) is 84.2 Å². The van der Waals surface area contributed by atoms with Crippen molar-refractivity contribution in [2.24, 2.45) is 0 Å². The van der Waals surface area contributed by atoms with Crippen LogP contribution in [0.15, 0.2) is 0 Å². The molecule has 0 aliphatic carbocycles. The number of carboxylic acids is 1. The maximum Gasteiger partial charge on any atom is 0.307 e. The molecule has 6 heteroatoms. The number of nitrogens with one attached hydrogen (secondary N) is 1. The highest BCUT2D eigenvalue weighted by atomic mass is 16.4. The van der Waals surface area contributed by atoms with Gasteiger partial charge in [-0.1, -0.05) is 13.3 Å². The minimum absolute atomic E-state index is 0.0604. The fourth-order valence-corrected chi connectivity index (χ4v) is 1.89. The molecule has 0 atom stereocenters. The minimum atomic E-state index is -0.891. The number of unbranched alkanes of at least 4 members (excludes halogenated alkanes) is 1. The van der Waals surface area contributed by atoms with Crippen molar-refractivity contribution in [1.29, 1.82) is 0 Å². The highest BCUT2D eigenvalue weighted by Crippen LogP contribution is 2.13. The number of carbonyl (C=O) groups excluding carboxylic acids is 1. The lowest BCUT2D eigenvalue weighted by Gasteiger charge is -2.06. The molecule has 0 aliphatic rings. The number of aryl methyl sites for hydroxylation is 1. The van der Waals surface area contributed by atoms with E-state index in [0.717, 1.165) is 18.5 Å². The first kappa shape index (κ1) is 15.2. The van der Waals surface area contributed by atoms with E-state index in [4.69, 9.17) is 5.11 Å². The lowest BCUT2D eigenvalue weighted by Crippen LogP contribution is -2.29. The van der Waals surface area contributed by atoms with E-state index < -0.39 is 5.97 Å². The van der Waals surface area contributed by atoms with Gasteiger partial charge in [-0.2, -0.15) is 5.10 Å². The predicted molar refractivity (Wildman–Crippen MR) is 71.0 cm³/mol. The molecule has 1 amide bonds. The van der Waals surface area contributed by atoms with Crippen LogP contribution in [0, 0.1) is 13.8 Å². The number of aromatic nitrogens is 2. The SMILES string of the molecule is CCCCNC(=O)Cn1nc(C)c(CC(=O)O)c1C. The van der Waals surface area contributed by atoms with Crippen molar-refractivity contribution in [3.05, 3.63) is 17.0 Å². The summed E-state index contributed by atoms with van der Waals surface area (Å²) >= 11 is 0. The van der Waals surface area contributed by atoms with E-state index in [2.05, 4.69) is 17.3 Å². The van der Waals surface area contributed by atoms with E-state index in [1.807, 2.05) is 0 Å². The molecule has 0 aromatic carbocycles. The first-order valence-electron chi connectivity index (χ1n) is 6.47. The van der Waals surface area contributed by atoms with Gasteiger partial charge in [0.2, 0.25) is 5.91 Å². The third-order valence-corrected chi connectivity index (χ3v) is 3.01. The fraction of sp³-hybridized carbons (Fsp3) is 0.615. The van der Waals surface area contributed by atoms with Crippen molar-refractivity contribution in [2.75, 3.05) is 6.54 Å². The van der Waals surface area contributed by atoms with Crippen LogP contribution in [0.3, 0.4) is 0 Å². The summed E-state index contributed by atoms with van der Waals surface area (Å²) in [5.74, 6) is -0.987. The van der Waals surface area contributed by atoms with E-state index in [0.29, 0.717) is 17.8 Å². The van der Waals surface area contributed by atoms with Crippen LogP contribution in [0.4, 0.5) is 0 Å². The van der Waals surface area contributed by atoms with Gasteiger partial charge in [0.15, 0.2) is 0 Å². The zero-order chi connectivity index (χ0) is 14.4. The van der Waals surface area contributed by atoms with Gasteiger partial charge in [0.05, 0.1) is 12.1 Å². The molecule has 0 radical (unpaired) electrons. The quantitative estimate of drug-likeness (QED) is 0.723. The van der Waals surface area contributed by atoms with E-state index in [1.54, 1.807) is 18.5 Å². The highest BCUT2D eigenvalue weighted by Gasteiger charge is 2.15. The number of aliphatic carboxylic acids is 1. The Morgan fingerprint density at radius 1 is 1.37 bits per heavy atom. The predicted octanol–water partition coefficient (Wildman–Crippen LogP) is 1.04. The first-order chi connectivity index (χ1) is 8.95. The smallest absolute Gasteiger partial charge is 0.307 e. The van der Waals surface area contributed by atoms with E-state index in [1.165, 1.54) is 0 Å². The molecule has 6 nitrogen and oxygen atoms in total. The van der Waals surface area contributed by atoms with Crippen LogP contribution in [-0.4, -0.2) is 33.3 Å². The molecule has 0 aliphatic heterocycles. The van der Waals surface area contributed by atoms with Crippen LogP contribution in [0.1, 0.15) is 36.7 Å². The molecule has 2 N–H and O–H groups in total. The second-order valence-electron chi connectivity index (χ2n) is 4.58. The van der Waals surface area contributed by atoms with Crippen molar-refractivity contribution >= 4 is 11.9 Å². The second kappa shape index (κ2) is 6.92. The Bertz CT molecular complexity index is 466. The molecule has 0 unspecified atom stereocenters. The van der Waals surface area contributed by atoms with Gasteiger partial charge in [-0.3, -0.25) is 14.3 Å². The van der Waals surface area contributed by atoms with Crippen LogP contribution < -0.4 is 5.32 Å². The van der Waals surface area contributed by atoms with Gasteiger partial charge in [0, 0.05) is 17.8 Å². The van der Waals surface area contributed by atoms with E-state index >= 15 is 0 Å². The molecule has 1 aromatic rings. The number of amides is 1. The Labute approximate surface area is 112 Å². The number of hydrogen-bond donors (Lipinski definition) is 2. The van der Waals surface area contributed by atoms with Gasteiger partial charge in [-0.25, -0.2) is 0 Å². The number of carboxylic acid groups (broad SMARTS) is 1. The lowest BCUT2D eigenvalue weighted by atomic mass is 10.1. The third-order valence-electron chi connectivity index (χ3n) is 3.01. The zero-order valence-electron chi connectivity index (χ0n) is 11.7. The summed E-state index contributed by atoms with van der Waals surface area (Å²) in [4.78, 5) is 22.5. The molecule has 19 heavy (non-hydrogen) atoms. The van der Waals surface area contributed by atoms with Crippen LogP contribution in [0.25, 0.3) is 0 Å². The fourth-order valence-electron chi connectivity index (χ4n) is 1.89. The Morgan fingerprint density at radius 2 is 2.05 bits per heavy atom. The molecule has 0 spiro atoms. The normalized spacial score (nSPS) is 10.5. The van der Waals surface area contributed by atoms with Crippen LogP contribution in [0.2, 0.25) is 0 Å². The zero-order valence-corrected chi connectivity index (χ0v) is 11.7. The lowest BCUT2D eigenvalue weighted by molar-refractivity contribution is -0.136. The van der Waals surface area contributed by atoms with Crippen molar-refractivity contribution in [1.82, 2.24) is 15.1 Å². The monoisotopic (exact) mass is 267 g/mol. The first-order valence-corrected chi connectivity index (χ1v) is 6.47. The van der Waals surface area contributed by atoms with Gasteiger partial charge in [0.1, 0.15) is 6.54 Å². The van der Waals surface area contributed by atoms with Gasteiger partial charge < -0.3 is 10.4 Å². The van der Waals surface area contributed by atoms with Crippen LogP contribution in [-0.2, 0) is 22.6 Å². The van der Waals surface area contributed by atoms with Crippen LogP contribution >= 0.6 is 0 Å². The van der Waals surface area contributed by atoms with Gasteiger partial charge in [-0.05, 0) is 20.3 Å². The molecule has 0 fully saturated rings. The molecular weight excluding hydrogens is 246 g/mol. The number of carbonyl (C=O) groups is 2. The molecule has 1 heterocycles.